The number of anilines is 1. The van der Waals surface area contributed by atoms with Crippen LogP contribution in [0.2, 0.25) is 0 Å². The molecule has 2 aliphatic rings. The number of allylic oxidation sites excluding steroid dienone is 3. The first-order valence-corrected chi connectivity index (χ1v) is 12.7. The molecule has 0 spiro atoms. The number of ether oxygens (including phenoxy) is 2. The fourth-order valence-corrected chi connectivity index (χ4v) is 5.49. The molecule has 0 fully saturated rings. The summed E-state index contributed by atoms with van der Waals surface area (Å²) in [6.07, 6.45) is 1.06. The van der Waals surface area contributed by atoms with Crippen LogP contribution in [0, 0.1) is 5.41 Å². The Hall–Kier alpha value is -3.26. The zero-order valence-electron chi connectivity index (χ0n) is 21.1. The Kier molecular flexibility index (Phi) is 7.18. The number of phenolic OH excluding ortho intramolecular Hbond substituents is 1. The van der Waals surface area contributed by atoms with Gasteiger partial charge in [-0.3, -0.25) is 9.59 Å². The zero-order valence-corrected chi connectivity index (χ0v) is 22.7. The van der Waals surface area contributed by atoms with E-state index in [1.54, 1.807) is 31.4 Å². The molecular formula is C28H31BrN2O5. The largest absolute Gasteiger partial charge is 0.503 e. The summed E-state index contributed by atoms with van der Waals surface area (Å²) in [6.45, 7) is 8.16. The van der Waals surface area contributed by atoms with Crippen molar-refractivity contribution in [3.05, 3.63) is 69.0 Å². The quantitative estimate of drug-likeness (QED) is 0.417. The normalized spacial score (nSPS) is 18.9. The molecule has 0 aromatic heterocycles. The number of halogens is 1. The monoisotopic (exact) mass is 554 g/mol. The predicted octanol–water partition coefficient (Wildman–Crippen LogP) is 5.80. The van der Waals surface area contributed by atoms with Crippen molar-refractivity contribution in [2.24, 2.45) is 5.41 Å². The lowest BCUT2D eigenvalue weighted by atomic mass is 9.68. The van der Waals surface area contributed by atoms with Crippen LogP contribution in [-0.2, 0) is 9.59 Å². The second-order valence-electron chi connectivity index (χ2n) is 9.87. The molecule has 8 heteroatoms. The SMILES string of the molecule is CCOc1cc([C@H]2C(C(=O)Nc3ccccc3OC)=C(C)NC3=C2C(=O)CC(C)(C)C3)cc(Br)c1O. The lowest BCUT2D eigenvalue weighted by Crippen LogP contribution is -2.39. The molecule has 7 nitrogen and oxygen atoms in total. The van der Waals surface area contributed by atoms with Crippen molar-refractivity contribution in [3.63, 3.8) is 0 Å². The molecule has 190 valence electrons. The van der Waals surface area contributed by atoms with E-state index in [4.69, 9.17) is 9.47 Å². The van der Waals surface area contributed by atoms with Crippen LogP contribution in [-0.4, -0.2) is 30.5 Å². The third kappa shape index (κ3) is 4.87. The Balaban J connectivity index is 1.87. The van der Waals surface area contributed by atoms with Crippen LogP contribution in [0.5, 0.6) is 17.2 Å². The number of aromatic hydroxyl groups is 1. The van der Waals surface area contributed by atoms with Gasteiger partial charge in [-0.1, -0.05) is 26.0 Å². The average molecular weight is 555 g/mol. The molecule has 4 rings (SSSR count). The number of carbonyl (C=O) groups excluding carboxylic acids is 2. The van der Waals surface area contributed by atoms with Crippen molar-refractivity contribution in [1.29, 1.82) is 0 Å². The molecule has 2 aromatic carbocycles. The van der Waals surface area contributed by atoms with Crippen LogP contribution in [0.25, 0.3) is 0 Å². The van der Waals surface area contributed by atoms with Crippen LogP contribution in [0.15, 0.2) is 63.4 Å². The lowest BCUT2D eigenvalue weighted by molar-refractivity contribution is -0.118. The summed E-state index contributed by atoms with van der Waals surface area (Å²) in [5.41, 5.74) is 3.50. The van der Waals surface area contributed by atoms with Gasteiger partial charge in [0.25, 0.3) is 5.91 Å². The van der Waals surface area contributed by atoms with Gasteiger partial charge in [0.15, 0.2) is 17.3 Å². The van der Waals surface area contributed by atoms with Gasteiger partial charge in [-0.2, -0.15) is 0 Å². The molecular weight excluding hydrogens is 524 g/mol. The molecule has 1 heterocycles. The average Bonchev–Trinajstić information content (AvgIpc) is 2.80. The highest BCUT2D eigenvalue weighted by molar-refractivity contribution is 9.10. The van der Waals surface area contributed by atoms with Gasteiger partial charge >= 0.3 is 0 Å². The second-order valence-corrected chi connectivity index (χ2v) is 10.7. The Morgan fingerprint density at radius 2 is 1.94 bits per heavy atom. The summed E-state index contributed by atoms with van der Waals surface area (Å²) < 4.78 is 11.5. The summed E-state index contributed by atoms with van der Waals surface area (Å²) in [5.74, 6) is -0.202. The van der Waals surface area contributed by atoms with Gasteiger partial charge in [0.2, 0.25) is 0 Å². The molecule has 0 unspecified atom stereocenters. The van der Waals surface area contributed by atoms with E-state index < -0.39 is 5.92 Å². The number of para-hydroxylation sites is 2. The number of rotatable bonds is 6. The van der Waals surface area contributed by atoms with Crippen molar-refractivity contribution in [2.45, 2.75) is 46.5 Å². The van der Waals surface area contributed by atoms with Gasteiger partial charge in [-0.15, -0.1) is 0 Å². The Morgan fingerprint density at radius 1 is 1.22 bits per heavy atom. The van der Waals surface area contributed by atoms with Gasteiger partial charge in [-0.25, -0.2) is 0 Å². The number of amides is 1. The number of nitrogens with one attached hydrogen (secondary N) is 2. The van der Waals surface area contributed by atoms with E-state index in [0.29, 0.717) is 57.8 Å². The number of benzene rings is 2. The Bertz CT molecular complexity index is 1290. The highest BCUT2D eigenvalue weighted by Crippen LogP contribution is 2.49. The summed E-state index contributed by atoms with van der Waals surface area (Å²) in [5, 5.41) is 16.9. The Morgan fingerprint density at radius 3 is 2.64 bits per heavy atom. The summed E-state index contributed by atoms with van der Waals surface area (Å²) in [7, 11) is 1.54. The fraction of sp³-hybridized carbons (Fsp3) is 0.357. The van der Waals surface area contributed by atoms with E-state index in [1.807, 2.05) is 26.0 Å². The first kappa shape index (κ1) is 25.8. The highest BCUT2D eigenvalue weighted by Gasteiger charge is 2.43. The van der Waals surface area contributed by atoms with E-state index >= 15 is 0 Å². The zero-order chi connectivity index (χ0) is 26.2. The number of hydrogen-bond acceptors (Lipinski definition) is 6. The predicted molar refractivity (Wildman–Crippen MR) is 142 cm³/mol. The number of Topliss-reactive ketones (excluding diaryl/α,β-unsaturated/α-hetero) is 1. The van der Waals surface area contributed by atoms with E-state index in [-0.39, 0.29) is 28.6 Å². The molecule has 0 saturated carbocycles. The van der Waals surface area contributed by atoms with E-state index in [1.165, 1.54) is 0 Å². The third-order valence-corrected chi connectivity index (χ3v) is 7.13. The molecule has 1 amide bonds. The van der Waals surface area contributed by atoms with Crippen LogP contribution in [0.1, 0.15) is 52.0 Å². The van der Waals surface area contributed by atoms with Crippen molar-refractivity contribution in [1.82, 2.24) is 5.32 Å². The molecule has 0 bridgehead atoms. The van der Waals surface area contributed by atoms with Gasteiger partial charge in [-0.05, 0) is 71.4 Å². The van der Waals surface area contributed by atoms with Gasteiger partial charge in [0, 0.05) is 34.9 Å². The smallest absolute Gasteiger partial charge is 0.254 e. The topological polar surface area (TPSA) is 96.9 Å². The van der Waals surface area contributed by atoms with Crippen molar-refractivity contribution in [3.8, 4) is 17.2 Å². The van der Waals surface area contributed by atoms with Crippen LogP contribution in [0.3, 0.4) is 0 Å². The molecule has 1 atom stereocenters. The maximum absolute atomic E-state index is 13.8. The van der Waals surface area contributed by atoms with Crippen LogP contribution in [0.4, 0.5) is 5.69 Å². The first-order chi connectivity index (χ1) is 17.1. The number of ketones is 1. The Labute approximate surface area is 219 Å². The minimum absolute atomic E-state index is 0.00370. The molecule has 1 aliphatic heterocycles. The van der Waals surface area contributed by atoms with E-state index in [9.17, 15) is 14.7 Å². The third-order valence-electron chi connectivity index (χ3n) is 6.52. The second kappa shape index (κ2) is 10.0. The summed E-state index contributed by atoms with van der Waals surface area (Å²) in [4.78, 5) is 27.4. The van der Waals surface area contributed by atoms with Crippen LogP contribution >= 0.6 is 15.9 Å². The van der Waals surface area contributed by atoms with Crippen molar-refractivity contribution < 1.29 is 24.2 Å². The molecule has 36 heavy (non-hydrogen) atoms. The lowest BCUT2D eigenvalue weighted by Gasteiger charge is -2.39. The molecule has 0 saturated heterocycles. The number of carbonyl (C=O) groups is 2. The van der Waals surface area contributed by atoms with E-state index in [0.717, 1.165) is 5.70 Å². The maximum atomic E-state index is 13.8. The number of hydrogen-bond donors (Lipinski definition) is 3. The molecule has 3 N–H and O–H groups in total. The summed E-state index contributed by atoms with van der Waals surface area (Å²) >= 11 is 3.42. The molecule has 0 radical (unpaired) electrons. The standard InChI is InChI=1S/C28H31BrN2O5/c1-6-36-22-12-16(11-17(29)26(22)33)24-23(27(34)31-18-9-7-8-10-21(18)35-5)15(2)30-19-13-28(3,4)14-20(32)25(19)24/h7-12,24,30,33H,6,13-14H2,1-5H3,(H,31,34)/t24-/m0/s1. The van der Waals surface area contributed by atoms with Crippen molar-refractivity contribution in [2.75, 3.05) is 19.0 Å². The summed E-state index contributed by atoms with van der Waals surface area (Å²) in [6, 6.07) is 10.6. The fourth-order valence-electron chi connectivity index (χ4n) is 5.03. The first-order valence-electron chi connectivity index (χ1n) is 11.9. The molecule has 2 aromatic rings. The van der Waals surface area contributed by atoms with E-state index in [2.05, 4.69) is 40.4 Å². The minimum Gasteiger partial charge on any atom is -0.503 e. The molecule has 1 aliphatic carbocycles. The van der Waals surface area contributed by atoms with Gasteiger partial charge in [0.1, 0.15) is 5.75 Å². The van der Waals surface area contributed by atoms with Crippen molar-refractivity contribution >= 4 is 33.3 Å². The van der Waals surface area contributed by atoms with Crippen LogP contribution < -0.4 is 20.1 Å². The minimum atomic E-state index is -0.643. The number of dihydropyridines is 1. The van der Waals surface area contributed by atoms with Gasteiger partial charge < -0.3 is 25.2 Å². The van der Waals surface area contributed by atoms with Gasteiger partial charge in [0.05, 0.1) is 23.9 Å². The number of phenols is 1. The number of methoxy groups -OCH3 is 1. The highest BCUT2D eigenvalue weighted by atomic mass is 79.9. The maximum Gasteiger partial charge on any atom is 0.254 e.